The molecule has 0 spiro atoms. The first kappa shape index (κ1) is 21.6. The molecule has 4 aliphatic carbocycles. The van der Waals surface area contributed by atoms with Crippen LogP contribution in [0.1, 0.15) is 99.3 Å². The van der Waals surface area contributed by atoms with Crippen molar-refractivity contribution < 1.29 is 4.79 Å². The summed E-state index contributed by atoms with van der Waals surface area (Å²) in [6.07, 6.45) is 16.4. The van der Waals surface area contributed by atoms with E-state index in [1.165, 1.54) is 51.4 Å². The van der Waals surface area contributed by atoms with E-state index in [0.29, 0.717) is 17.1 Å². The van der Waals surface area contributed by atoms with Crippen LogP contribution in [0.5, 0.6) is 0 Å². The molecule has 0 radical (unpaired) electrons. The summed E-state index contributed by atoms with van der Waals surface area (Å²) in [5.41, 5.74) is 0.855. The van der Waals surface area contributed by atoms with Crippen molar-refractivity contribution in [2.45, 2.75) is 99.3 Å². The van der Waals surface area contributed by atoms with Crippen LogP contribution in [0, 0.1) is 58.2 Å². The summed E-state index contributed by atoms with van der Waals surface area (Å²) in [6, 6.07) is 0. The summed E-state index contributed by atoms with van der Waals surface area (Å²) in [5.74, 6) is 7.11. The maximum absolute atomic E-state index is 12.0. The molecule has 0 amide bonds. The van der Waals surface area contributed by atoms with Crippen LogP contribution in [0.15, 0.2) is 12.2 Å². The van der Waals surface area contributed by atoms with Crippen molar-refractivity contribution in [3.8, 4) is 0 Å². The Hall–Kier alpha value is -0.590. The van der Waals surface area contributed by atoms with Gasteiger partial charge in [0, 0.05) is 6.42 Å². The maximum atomic E-state index is 12.0. The molecule has 0 aliphatic heterocycles. The first-order valence-corrected chi connectivity index (χ1v) is 12.9. The highest BCUT2D eigenvalue weighted by molar-refractivity contribution is 5.91. The lowest BCUT2D eigenvalue weighted by atomic mass is 9.45. The summed E-state index contributed by atoms with van der Waals surface area (Å²) in [5, 5.41) is 0. The third-order valence-corrected chi connectivity index (χ3v) is 11.0. The summed E-state index contributed by atoms with van der Waals surface area (Å²) in [7, 11) is 0. The predicted octanol–water partition coefficient (Wildman–Crippen LogP) is 7.70. The Morgan fingerprint density at radius 2 is 1.72 bits per heavy atom. The van der Waals surface area contributed by atoms with Crippen LogP contribution in [0.2, 0.25) is 0 Å². The van der Waals surface area contributed by atoms with Crippen LogP contribution in [0.3, 0.4) is 0 Å². The van der Waals surface area contributed by atoms with Gasteiger partial charge in [0.1, 0.15) is 0 Å². The molecule has 1 nitrogen and oxygen atoms in total. The van der Waals surface area contributed by atoms with E-state index in [1.54, 1.807) is 0 Å². The van der Waals surface area contributed by atoms with Crippen LogP contribution in [0.25, 0.3) is 0 Å². The van der Waals surface area contributed by atoms with Crippen molar-refractivity contribution in [1.82, 2.24) is 0 Å². The number of rotatable bonds is 5. The Kier molecular flexibility index (Phi) is 5.84. The second-order valence-electron chi connectivity index (χ2n) is 12.5. The fourth-order valence-electron chi connectivity index (χ4n) is 8.67. The molecule has 4 aliphatic rings. The van der Waals surface area contributed by atoms with Gasteiger partial charge in [-0.2, -0.15) is 0 Å². The molecular formula is C28H46O. The topological polar surface area (TPSA) is 17.1 Å². The number of hydrogen-bond acceptors (Lipinski definition) is 1. The molecule has 3 saturated carbocycles. The number of allylic oxidation sites excluding steroid dienone is 2. The molecule has 3 fully saturated rings. The Bertz CT molecular complexity index is 647. The van der Waals surface area contributed by atoms with Crippen molar-refractivity contribution in [2.75, 3.05) is 0 Å². The van der Waals surface area contributed by atoms with Crippen LogP contribution < -0.4 is 0 Å². The van der Waals surface area contributed by atoms with Gasteiger partial charge in [-0.15, -0.1) is 0 Å². The van der Waals surface area contributed by atoms with E-state index in [4.69, 9.17) is 0 Å². The van der Waals surface area contributed by atoms with E-state index >= 15 is 0 Å². The molecule has 0 N–H and O–H groups in total. The lowest BCUT2D eigenvalue weighted by Gasteiger charge is -2.59. The molecule has 0 aromatic rings. The van der Waals surface area contributed by atoms with E-state index in [2.05, 4.69) is 47.6 Å². The highest BCUT2D eigenvalue weighted by Gasteiger charge is 2.59. The summed E-state index contributed by atoms with van der Waals surface area (Å²) in [6.45, 7) is 15.0. The molecule has 1 heteroatoms. The van der Waals surface area contributed by atoms with E-state index in [1.807, 2.05) is 6.08 Å². The third-order valence-electron chi connectivity index (χ3n) is 11.0. The first-order chi connectivity index (χ1) is 13.7. The van der Waals surface area contributed by atoms with Crippen molar-refractivity contribution in [2.24, 2.45) is 58.2 Å². The Morgan fingerprint density at radius 3 is 2.45 bits per heavy atom. The van der Waals surface area contributed by atoms with Crippen molar-refractivity contribution in [1.29, 1.82) is 0 Å². The standard InChI is InChI=1S/C28H46O/c1-18(2)19(3)7-8-20(4)24-11-12-25-23-10-9-21-17-22(29)13-15-27(21,5)26(23)14-16-28(24,25)6/h13,15,18-21,23-26H,7-12,14,16-17H2,1-6H3. The van der Waals surface area contributed by atoms with Gasteiger partial charge in [0.25, 0.3) is 0 Å². The van der Waals surface area contributed by atoms with Gasteiger partial charge in [0.05, 0.1) is 0 Å². The van der Waals surface area contributed by atoms with E-state index < -0.39 is 0 Å². The Balaban J connectivity index is 1.49. The molecule has 0 aromatic heterocycles. The predicted molar refractivity (Wildman–Crippen MR) is 123 cm³/mol. The Labute approximate surface area is 180 Å². The minimum atomic E-state index is 0.286. The number of carbonyl (C=O) groups excluding carboxylic acids is 1. The molecule has 0 heterocycles. The van der Waals surface area contributed by atoms with Gasteiger partial charge in [0.2, 0.25) is 0 Å². The molecule has 9 atom stereocenters. The second-order valence-corrected chi connectivity index (χ2v) is 12.5. The average molecular weight is 399 g/mol. The van der Waals surface area contributed by atoms with Crippen LogP contribution >= 0.6 is 0 Å². The van der Waals surface area contributed by atoms with Gasteiger partial charge in [-0.1, -0.05) is 60.5 Å². The average Bonchev–Trinajstić information content (AvgIpc) is 3.03. The maximum Gasteiger partial charge on any atom is 0.155 e. The quantitative estimate of drug-likeness (QED) is 0.463. The third kappa shape index (κ3) is 3.57. The van der Waals surface area contributed by atoms with Gasteiger partial charge in [-0.25, -0.2) is 0 Å². The first-order valence-electron chi connectivity index (χ1n) is 12.9. The zero-order chi connectivity index (χ0) is 21.0. The normalized spacial score (nSPS) is 46.2. The minimum Gasteiger partial charge on any atom is -0.295 e. The fraction of sp³-hybridized carbons (Fsp3) is 0.893. The molecular weight excluding hydrogens is 352 g/mol. The largest absolute Gasteiger partial charge is 0.295 e. The molecule has 164 valence electrons. The summed E-state index contributed by atoms with van der Waals surface area (Å²) >= 11 is 0. The van der Waals surface area contributed by atoms with Crippen molar-refractivity contribution in [3.05, 3.63) is 12.2 Å². The van der Waals surface area contributed by atoms with Gasteiger partial charge < -0.3 is 0 Å². The summed E-state index contributed by atoms with van der Waals surface area (Å²) in [4.78, 5) is 12.0. The highest BCUT2D eigenvalue weighted by Crippen LogP contribution is 2.67. The van der Waals surface area contributed by atoms with Crippen LogP contribution in [-0.4, -0.2) is 5.78 Å². The molecule has 9 unspecified atom stereocenters. The van der Waals surface area contributed by atoms with Crippen LogP contribution in [0.4, 0.5) is 0 Å². The fourth-order valence-corrected chi connectivity index (χ4v) is 8.67. The second kappa shape index (κ2) is 7.83. The number of hydrogen-bond donors (Lipinski definition) is 0. The zero-order valence-electron chi connectivity index (χ0n) is 20.0. The lowest BCUT2D eigenvalue weighted by Crippen LogP contribution is -2.52. The molecule has 0 bridgehead atoms. The van der Waals surface area contributed by atoms with Crippen molar-refractivity contribution in [3.63, 3.8) is 0 Å². The highest BCUT2D eigenvalue weighted by atomic mass is 16.1. The van der Waals surface area contributed by atoms with Gasteiger partial charge in [0.15, 0.2) is 5.78 Å². The number of carbonyl (C=O) groups is 1. The lowest BCUT2D eigenvalue weighted by molar-refractivity contribution is -0.122. The molecule has 29 heavy (non-hydrogen) atoms. The van der Waals surface area contributed by atoms with E-state index in [9.17, 15) is 4.79 Å². The molecule has 0 aromatic carbocycles. The Morgan fingerprint density at radius 1 is 0.966 bits per heavy atom. The molecule has 4 rings (SSSR count). The molecule has 0 saturated heterocycles. The van der Waals surface area contributed by atoms with Crippen LogP contribution in [-0.2, 0) is 4.79 Å². The van der Waals surface area contributed by atoms with E-state index in [0.717, 1.165) is 47.8 Å². The van der Waals surface area contributed by atoms with Gasteiger partial charge in [-0.05, 0) is 103 Å². The van der Waals surface area contributed by atoms with Crippen molar-refractivity contribution >= 4 is 5.78 Å². The monoisotopic (exact) mass is 398 g/mol. The van der Waals surface area contributed by atoms with E-state index in [-0.39, 0.29) is 5.41 Å². The SMILES string of the molecule is CC(C)C(C)CCC(C)C1CCC2C3CCC4CC(=O)C=CC4(C)C3CCC12C. The summed E-state index contributed by atoms with van der Waals surface area (Å²) < 4.78 is 0. The zero-order valence-corrected chi connectivity index (χ0v) is 20.0. The minimum absolute atomic E-state index is 0.286. The smallest absolute Gasteiger partial charge is 0.155 e. The van der Waals surface area contributed by atoms with Gasteiger partial charge in [-0.3, -0.25) is 4.79 Å². The number of ketones is 1. The number of fused-ring (bicyclic) bond motifs is 5. The van der Waals surface area contributed by atoms with Gasteiger partial charge >= 0.3 is 0 Å².